The molecule has 0 fully saturated rings. The summed E-state index contributed by atoms with van der Waals surface area (Å²) in [7, 11) is 1.40. The number of hydrogen-bond donors (Lipinski definition) is 2. The number of benzene rings is 2. The van der Waals surface area contributed by atoms with Gasteiger partial charge in [0.2, 0.25) is 5.90 Å². The Balaban J connectivity index is 1.80. The zero-order valence-corrected chi connectivity index (χ0v) is 15.1. The maximum absolute atomic E-state index is 12.8. The number of rotatable bonds is 3. The van der Waals surface area contributed by atoms with Gasteiger partial charge in [0.25, 0.3) is 0 Å². The largest absolute Gasteiger partial charge is 0.479 e. The van der Waals surface area contributed by atoms with Crippen LogP contribution in [0, 0.1) is 5.41 Å². The van der Waals surface area contributed by atoms with E-state index in [1.165, 1.54) is 36.9 Å². The molecule has 2 aromatic heterocycles. The number of hydrogen-bond acceptors (Lipinski definition) is 7. The molecule has 6 nitrogen and oxygen atoms in total. The molecule has 0 radical (unpaired) electrons. The minimum Gasteiger partial charge on any atom is -0.479 e. The molecule has 0 spiro atoms. The monoisotopic (exact) mass is 403 g/mol. The number of nitrogens with one attached hydrogen (secondary N) is 2. The minimum absolute atomic E-state index is 0.0524. The van der Waals surface area contributed by atoms with E-state index in [4.69, 9.17) is 10.1 Å². The van der Waals surface area contributed by atoms with Gasteiger partial charge >= 0.3 is 6.18 Å². The number of alkyl halides is 3. The van der Waals surface area contributed by atoms with E-state index in [9.17, 15) is 13.2 Å². The second-order valence-corrected chi connectivity index (χ2v) is 6.78. The van der Waals surface area contributed by atoms with Gasteiger partial charge in [-0.05, 0) is 36.4 Å². The average molecular weight is 403 g/mol. The van der Waals surface area contributed by atoms with Crippen molar-refractivity contribution >= 4 is 49.9 Å². The Morgan fingerprint density at radius 3 is 2.46 bits per heavy atom. The van der Waals surface area contributed by atoms with Crippen LogP contribution in [0.3, 0.4) is 0 Å². The molecule has 2 heterocycles. The number of aromatic nitrogens is 3. The predicted molar refractivity (Wildman–Crippen MR) is 101 cm³/mol. The fourth-order valence-corrected chi connectivity index (χ4v) is 3.72. The average Bonchev–Trinajstić information content (AvgIpc) is 3.11. The number of thiazole rings is 1. The third-order valence-electron chi connectivity index (χ3n) is 4.03. The number of halogens is 3. The van der Waals surface area contributed by atoms with Gasteiger partial charge in [0, 0.05) is 5.69 Å². The van der Waals surface area contributed by atoms with E-state index < -0.39 is 11.7 Å². The predicted octanol–water partition coefficient (Wildman–Crippen LogP) is 4.97. The van der Waals surface area contributed by atoms with Crippen molar-refractivity contribution in [1.29, 1.82) is 5.41 Å². The zero-order valence-electron chi connectivity index (χ0n) is 14.3. The van der Waals surface area contributed by atoms with E-state index in [-0.39, 0.29) is 5.90 Å². The molecule has 0 bridgehead atoms. The van der Waals surface area contributed by atoms with Gasteiger partial charge in [0.1, 0.15) is 12.1 Å². The van der Waals surface area contributed by atoms with Crippen molar-refractivity contribution in [3.63, 3.8) is 0 Å². The third kappa shape index (κ3) is 3.22. The molecule has 0 saturated carbocycles. The number of methoxy groups -OCH3 is 1. The first-order valence-electron chi connectivity index (χ1n) is 7.98. The van der Waals surface area contributed by atoms with Crippen LogP contribution in [0.4, 0.5) is 24.7 Å². The van der Waals surface area contributed by atoms with Gasteiger partial charge in [0.05, 0.1) is 33.8 Å². The summed E-state index contributed by atoms with van der Waals surface area (Å²) >= 11 is 1.26. The summed E-state index contributed by atoms with van der Waals surface area (Å²) in [6, 6.07) is 8.26. The van der Waals surface area contributed by atoms with Gasteiger partial charge in [-0.2, -0.15) is 13.2 Å². The lowest BCUT2D eigenvalue weighted by Gasteiger charge is -2.10. The van der Waals surface area contributed by atoms with Crippen LogP contribution < -0.4 is 5.32 Å². The molecule has 4 aromatic rings. The summed E-state index contributed by atoms with van der Waals surface area (Å²) in [6.07, 6.45) is -3.02. The summed E-state index contributed by atoms with van der Waals surface area (Å²) in [6.45, 7) is 0. The molecule has 2 N–H and O–H groups in total. The number of fused-ring (bicyclic) bond motifs is 3. The molecular weight excluding hydrogens is 391 g/mol. The first kappa shape index (κ1) is 18.1. The van der Waals surface area contributed by atoms with Crippen molar-refractivity contribution in [2.45, 2.75) is 6.18 Å². The molecule has 0 aliphatic rings. The van der Waals surface area contributed by atoms with Gasteiger partial charge in [-0.1, -0.05) is 0 Å². The highest BCUT2D eigenvalue weighted by atomic mass is 32.1. The van der Waals surface area contributed by atoms with E-state index in [0.717, 1.165) is 16.8 Å². The minimum atomic E-state index is -4.39. The lowest BCUT2D eigenvalue weighted by atomic mass is 10.2. The topological polar surface area (TPSA) is 83.8 Å². The molecule has 0 saturated heterocycles. The quantitative estimate of drug-likeness (QED) is 0.373. The molecule has 142 valence electrons. The summed E-state index contributed by atoms with van der Waals surface area (Å²) < 4.78 is 43.9. The van der Waals surface area contributed by atoms with Crippen LogP contribution >= 0.6 is 11.3 Å². The van der Waals surface area contributed by atoms with Gasteiger partial charge < -0.3 is 10.1 Å². The summed E-state index contributed by atoms with van der Waals surface area (Å²) in [5.74, 6) is 0.387. The third-order valence-corrected chi connectivity index (χ3v) is 5.12. The highest BCUT2D eigenvalue weighted by Gasteiger charge is 2.30. The van der Waals surface area contributed by atoms with Crippen LogP contribution in [0.1, 0.15) is 10.6 Å². The molecule has 28 heavy (non-hydrogen) atoms. The number of anilines is 2. The summed E-state index contributed by atoms with van der Waals surface area (Å²) in [5, 5.41) is 11.9. The van der Waals surface area contributed by atoms with Crippen molar-refractivity contribution in [2.24, 2.45) is 0 Å². The Morgan fingerprint density at radius 2 is 1.79 bits per heavy atom. The molecule has 4 rings (SSSR count). The molecule has 0 aliphatic heterocycles. The molecule has 0 aliphatic carbocycles. The Morgan fingerprint density at radius 1 is 1.07 bits per heavy atom. The Hall–Kier alpha value is -3.27. The van der Waals surface area contributed by atoms with E-state index in [1.54, 1.807) is 12.1 Å². The smallest absolute Gasteiger partial charge is 0.416 e. The molecule has 2 aromatic carbocycles. The van der Waals surface area contributed by atoms with Crippen LogP contribution in [0.5, 0.6) is 0 Å². The molecule has 10 heteroatoms. The van der Waals surface area contributed by atoms with Crippen LogP contribution in [-0.2, 0) is 10.9 Å². The lowest BCUT2D eigenvalue weighted by Crippen LogP contribution is -2.04. The normalized spacial score (nSPS) is 11.7. The fourth-order valence-electron chi connectivity index (χ4n) is 2.69. The Bertz CT molecular complexity index is 1190. The Labute approximate surface area is 160 Å². The van der Waals surface area contributed by atoms with E-state index in [0.29, 0.717) is 32.9 Å². The van der Waals surface area contributed by atoms with Gasteiger partial charge in [-0.25, -0.2) is 15.0 Å². The number of nitrogens with zero attached hydrogens (tertiary/aromatic N) is 3. The molecule has 0 unspecified atom stereocenters. The van der Waals surface area contributed by atoms with E-state index >= 15 is 0 Å². The number of ether oxygens (including phenoxy) is 1. The van der Waals surface area contributed by atoms with Gasteiger partial charge in [0.15, 0.2) is 5.01 Å². The maximum Gasteiger partial charge on any atom is 0.416 e. The fraction of sp³-hybridized carbons (Fsp3) is 0.111. The Kier molecular flexibility index (Phi) is 4.34. The van der Waals surface area contributed by atoms with Gasteiger partial charge in [-0.3, -0.25) is 5.41 Å². The molecule has 0 amide bonds. The van der Waals surface area contributed by atoms with Crippen LogP contribution in [-0.4, -0.2) is 28.0 Å². The second-order valence-electron chi connectivity index (χ2n) is 5.78. The maximum atomic E-state index is 12.8. The van der Waals surface area contributed by atoms with E-state index in [1.807, 2.05) is 0 Å². The van der Waals surface area contributed by atoms with Crippen LogP contribution in [0.25, 0.3) is 21.1 Å². The summed E-state index contributed by atoms with van der Waals surface area (Å²) in [4.78, 5) is 12.9. The SMILES string of the molecule is COC(=N)c1nc2ccc3ncnc(Nc4ccc(C(F)(F)F)cc4)c3c2s1. The summed E-state index contributed by atoms with van der Waals surface area (Å²) in [5.41, 5.74) is 1.04. The van der Waals surface area contributed by atoms with Crippen LogP contribution in [0.15, 0.2) is 42.7 Å². The van der Waals surface area contributed by atoms with Crippen molar-refractivity contribution in [1.82, 2.24) is 15.0 Å². The van der Waals surface area contributed by atoms with Crippen molar-refractivity contribution in [2.75, 3.05) is 12.4 Å². The van der Waals surface area contributed by atoms with Gasteiger partial charge in [-0.15, -0.1) is 11.3 Å². The van der Waals surface area contributed by atoms with Crippen LogP contribution in [0.2, 0.25) is 0 Å². The molecular formula is C18H12F3N5OS. The highest BCUT2D eigenvalue weighted by molar-refractivity contribution is 7.21. The first-order valence-corrected chi connectivity index (χ1v) is 8.80. The standard InChI is InChI=1S/C18H12F3N5OS/c1-27-15(22)17-26-12-7-6-11-13(14(12)28-17)16(24-8-23-11)25-10-4-2-9(3-5-10)18(19,20)21/h2-8,22H,1H3,(H,23,24,25). The lowest BCUT2D eigenvalue weighted by molar-refractivity contribution is -0.137. The van der Waals surface area contributed by atoms with Crippen molar-refractivity contribution in [3.8, 4) is 0 Å². The second kappa shape index (κ2) is 6.71. The highest BCUT2D eigenvalue weighted by Crippen LogP contribution is 2.35. The van der Waals surface area contributed by atoms with Crippen molar-refractivity contribution in [3.05, 3.63) is 53.3 Å². The van der Waals surface area contributed by atoms with Crippen molar-refractivity contribution < 1.29 is 17.9 Å². The first-order chi connectivity index (χ1) is 13.4. The zero-order chi connectivity index (χ0) is 19.9. The molecule has 0 atom stereocenters. The van der Waals surface area contributed by atoms with E-state index in [2.05, 4.69) is 20.3 Å².